The van der Waals surface area contributed by atoms with Crippen molar-refractivity contribution in [3.05, 3.63) is 47.8 Å². The van der Waals surface area contributed by atoms with Crippen molar-refractivity contribution in [2.75, 3.05) is 19.6 Å². The fourth-order valence-corrected chi connectivity index (χ4v) is 4.19. The first-order chi connectivity index (χ1) is 13.1. The zero-order chi connectivity index (χ0) is 18.8. The maximum absolute atomic E-state index is 12.4. The molecule has 6 nitrogen and oxygen atoms in total. The Morgan fingerprint density at radius 2 is 2.07 bits per heavy atom. The predicted molar refractivity (Wildman–Crippen MR) is 106 cm³/mol. The zero-order valence-corrected chi connectivity index (χ0v) is 16.3. The first kappa shape index (κ1) is 18.0. The average Bonchev–Trinajstić information content (AvgIpc) is 3.09. The molecule has 27 heavy (non-hydrogen) atoms. The number of aryl methyl sites for hydroxylation is 1. The number of likely N-dealkylation sites (tertiary alicyclic amines) is 2. The van der Waals surface area contributed by atoms with Crippen molar-refractivity contribution in [1.82, 2.24) is 24.9 Å². The Morgan fingerprint density at radius 1 is 1.26 bits per heavy atom. The fourth-order valence-electron chi connectivity index (χ4n) is 4.19. The molecule has 2 fully saturated rings. The van der Waals surface area contributed by atoms with Crippen molar-refractivity contribution in [3.8, 4) is 5.69 Å². The molecule has 1 aromatic heterocycles. The summed E-state index contributed by atoms with van der Waals surface area (Å²) in [6.07, 6.45) is 7.72. The van der Waals surface area contributed by atoms with E-state index in [0.29, 0.717) is 18.6 Å². The van der Waals surface area contributed by atoms with Crippen LogP contribution >= 0.6 is 0 Å². The molecule has 144 valence electrons. The van der Waals surface area contributed by atoms with Crippen molar-refractivity contribution in [2.24, 2.45) is 0 Å². The number of rotatable bonds is 4. The molecule has 2 saturated heterocycles. The second-order valence-corrected chi connectivity index (χ2v) is 7.88. The lowest BCUT2D eigenvalue weighted by molar-refractivity contribution is 0.0169. The van der Waals surface area contributed by atoms with Crippen LogP contribution in [0.15, 0.2) is 36.7 Å². The SMILES string of the molecule is Cc1ccccc1-n1cc(CNC(=O)N2CC(N3CCCC[C@H]3C)C2)cn1. The fraction of sp³-hybridized carbons (Fsp3) is 0.524. The van der Waals surface area contributed by atoms with Gasteiger partial charge < -0.3 is 10.2 Å². The molecular weight excluding hydrogens is 338 g/mol. The zero-order valence-electron chi connectivity index (χ0n) is 16.3. The van der Waals surface area contributed by atoms with Crippen molar-refractivity contribution < 1.29 is 4.79 Å². The van der Waals surface area contributed by atoms with Crippen LogP contribution in [0.4, 0.5) is 4.79 Å². The Kier molecular flexibility index (Phi) is 5.16. The Morgan fingerprint density at radius 3 is 2.85 bits per heavy atom. The summed E-state index contributed by atoms with van der Waals surface area (Å²) in [6.45, 7) is 7.76. The highest BCUT2D eigenvalue weighted by Crippen LogP contribution is 2.24. The molecule has 0 radical (unpaired) electrons. The number of amides is 2. The molecule has 3 heterocycles. The average molecular weight is 367 g/mol. The number of para-hydroxylation sites is 1. The molecule has 0 spiro atoms. The van der Waals surface area contributed by atoms with E-state index in [2.05, 4.69) is 35.2 Å². The molecule has 2 amide bonds. The highest BCUT2D eigenvalue weighted by Gasteiger charge is 2.37. The molecule has 0 unspecified atom stereocenters. The minimum Gasteiger partial charge on any atom is -0.334 e. The van der Waals surface area contributed by atoms with Gasteiger partial charge >= 0.3 is 6.03 Å². The van der Waals surface area contributed by atoms with Crippen LogP contribution in [0.25, 0.3) is 5.69 Å². The summed E-state index contributed by atoms with van der Waals surface area (Å²) in [4.78, 5) is 16.9. The third-order valence-electron chi connectivity index (χ3n) is 5.91. The van der Waals surface area contributed by atoms with Crippen LogP contribution in [0.2, 0.25) is 0 Å². The van der Waals surface area contributed by atoms with Crippen LogP contribution in [0.1, 0.15) is 37.3 Å². The summed E-state index contributed by atoms with van der Waals surface area (Å²) in [5.74, 6) is 0. The third kappa shape index (κ3) is 3.86. The first-order valence-electron chi connectivity index (χ1n) is 10.00. The van der Waals surface area contributed by atoms with Crippen LogP contribution in [-0.4, -0.2) is 57.3 Å². The summed E-state index contributed by atoms with van der Waals surface area (Å²) in [5.41, 5.74) is 3.25. The summed E-state index contributed by atoms with van der Waals surface area (Å²) in [6, 6.07) is 9.37. The number of aromatic nitrogens is 2. The Labute approximate surface area is 161 Å². The van der Waals surface area contributed by atoms with E-state index in [1.165, 1.54) is 31.4 Å². The molecule has 1 N–H and O–H groups in total. The second-order valence-electron chi connectivity index (χ2n) is 7.88. The molecular formula is C21H29N5O. The minimum atomic E-state index is 0.0274. The summed E-state index contributed by atoms with van der Waals surface area (Å²) >= 11 is 0. The summed E-state index contributed by atoms with van der Waals surface area (Å²) in [7, 11) is 0. The first-order valence-corrected chi connectivity index (χ1v) is 10.00. The van der Waals surface area contributed by atoms with Gasteiger partial charge in [0.1, 0.15) is 0 Å². The molecule has 0 bridgehead atoms. The van der Waals surface area contributed by atoms with Gasteiger partial charge in [-0.1, -0.05) is 24.6 Å². The maximum Gasteiger partial charge on any atom is 0.317 e. The van der Waals surface area contributed by atoms with E-state index in [-0.39, 0.29) is 6.03 Å². The van der Waals surface area contributed by atoms with Crippen LogP contribution in [-0.2, 0) is 6.54 Å². The standard InChI is InChI=1S/C21H29N5O/c1-16-7-3-4-9-20(16)26-13-18(12-23-26)11-22-21(27)24-14-19(15-24)25-10-6-5-8-17(25)2/h3-4,7,9,12-13,17,19H,5-6,8,10-11,14-15H2,1-2H3,(H,22,27)/t17-/m1/s1. The van der Waals surface area contributed by atoms with Crippen LogP contribution in [0, 0.1) is 6.92 Å². The molecule has 0 saturated carbocycles. The highest BCUT2D eigenvalue weighted by atomic mass is 16.2. The lowest BCUT2D eigenvalue weighted by Gasteiger charge is -2.49. The van der Waals surface area contributed by atoms with Gasteiger partial charge in [-0.15, -0.1) is 0 Å². The monoisotopic (exact) mass is 367 g/mol. The van der Waals surface area contributed by atoms with Crippen LogP contribution in [0.3, 0.4) is 0 Å². The number of carbonyl (C=O) groups excluding carboxylic acids is 1. The highest BCUT2D eigenvalue weighted by molar-refractivity contribution is 5.75. The van der Waals surface area contributed by atoms with Gasteiger partial charge in [-0.2, -0.15) is 5.10 Å². The van der Waals surface area contributed by atoms with Crippen molar-refractivity contribution in [1.29, 1.82) is 0 Å². The molecule has 2 aromatic rings. The van der Waals surface area contributed by atoms with E-state index in [9.17, 15) is 4.79 Å². The Balaban J connectivity index is 1.26. The summed E-state index contributed by atoms with van der Waals surface area (Å²) in [5, 5.41) is 7.46. The smallest absolute Gasteiger partial charge is 0.317 e. The topological polar surface area (TPSA) is 53.4 Å². The van der Waals surface area contributed by atoms with E-state index >= 15 is 0 Å². The lowest BCUT2D eigenvalue weighted by Crippen LogP contribution is -2.64. The lowest BCUT2D eigenvalue weighted by atomic mass is 9.98. The van der Waals surface area contributed by atoms with Crippen LogP contribution < -0.4 is 5.32 Å². The van der Waals surface area contributed by atoms with Gasteiger partial charge in [0.25, 0.3) is 0 Å². The van der Waals surface area contributed by atoms with E-state index in [4.69, 9.17) is 0 Å². The quantitative estimate of drug-likeness (QED) is 0.904. The minimum absolute atomic E-state index is 0.0274. The van der Waals surface area contributed by atoms with Crippen molar-refractivity contribution in [2.45, 2.75) is 51.7 Å². The molecule has 1 aromatic carbocycles. The van der Waals surface area contributed by atoms with Gasteiger partial charge in [0.2, 0.25) is 0 Å². The van der Waals surface area contributed by atoms with Crippen LogP contribution in [0.5, 0.6) is 0 Å². The predicted octanol–water partition coefficient (Wildman–Crippen LogP) is 2.95. The molecule has 0 aliphatic carbocycles. The number of hydrogen-bond acceptors (Lipinski definition) is 3. The maximum atomic E-state index is 12.4. The van der Waals surface area contributed by atoms with E-state index in [1.807, 2.05) is 40.2 Å². The van der Waals surface area contributed by atoms with Gasteiger partial charge in [0.05, 0.1) is 11.9 Å². The Bertz CT molecular complexity index is 795. The number of piperidine rings is 1. The van der Waals surface area contributed by atoms with E-state index < -0.39 is 0 Å². The summed E-state index contributed by atoms with van der Waals surface area (Å²) < 4.78 is 1.87. The third-order valence-corrected chi connectivity index (χ3v) is 5.91. The number of hydrogen-bond donors (Lipinski definition) is 1. The van der Waals surface area contributed by atoms with Gasteiger partial charge in [0.15, 0.2) is 0 Å². The van der Waals surface area contributed by atoms with Gasteiger partial charge in [-0.25, -0.2) is 9.48 Å². The number of nitrogens with zero attached hydrogens (tertiary/aromatic N) is 4. The number of urea groups is 1. The van der Waals surface area contributed by atoms with Crippen molar-refractivity contribution in [3.63, 3.8) is 0 Å². The molecule has 2 aliphatic heterocycles. The van der Waals surface area contributed by atoms with Gasteiger partial charge in [-0.3, -0.25) is 4.90 Å². The van der Waals surface area contributed by atoms with Gasteiger partial charge in [-0.05, 0) is 44.9 Å². The Hall–Kier alpha value is -2.34. The molecule has 4 rings (SSSR count). The number of benzene rings is 1. The van der Waals surface area contributed by atoms with E-state index in [1.54, 1.807) is 0 Å². The molecule has 1 atom stereocenters. The largest absolute Gasteiger partial charge is 0.334 e. The normalized spacial score (nSPS) is 21.1. The van der Waals surface area contributed by atoms with Gasteiger partial charge in [0, 0.05) is 43.5 Å². The number of nitrogens with one attached hydrogen (secondary N) is 1. The molecule has 2 aliphatic rings. The number of carbonyl (C=O) groups is 1. The molecule has 6 heteroatoms. The van der Waals surface area contributed by atoms with Crippen molar-refractivity contribution >= 4 is 6.03 Å². The second kappa shape index (κ2) is 7.72. The van der Waals surface area contributed by atoms with E-state index in [0.717, 1.165) is 24.3 Å².